The van der Waals surface area contributed by atoms with Gasteiger partial charge in [0.1, 0.15) is 6.04 Å². The molecule has 6 nitrogen and oxygen atoms in total. The highest BCUT2D eigenvalue weighted by atomic mass is 16.2. The monoisotopic (exact) mass is 376 g/mol. The summed E-state index contributed by atoms with van der Waals surface area (Å²) in [5.74, 6) is -0.965. The molecule has 2 aromatic carbocycles. The van der Waals surface area contributed by atoms with Gasteiger partial charge >= 0.3 is 0 Å². The van der Waals surface area contributed by atoms with Crippen LogP contribution in [0, 0.1) is 0 Å². The van der Waals surface area contributed by atoms with Crippen LogP contribution in [0.4, 0.5) is 0 Å². The van der Waals surface area contributed by atoms with Gasteiger partial charge in [0.15, 0.2) is 0 Å². The number of nitrogens with zero attached hydrogens (tertiary/aromatic N) is 2. The molecule has 0 aliphatic carbocycles. The molecule has 3 aromatic rings. The van der Waals surface area contributed by atoms with E-state index in [0.29, 0.717) is 11.3 Å². The second-order valence-electron chi connectivity index (χ2n) is 7.81. The Hall–Kier alpha value is -3.28. The first-order chi connectivity index (χ1) is 13.2. The summed E-state index contributed by atoms with van der Waals surface area (Å²) in [7, 11) is 0. The van der Waals surface area contributed by atoms with Gasteiger partial charge in [0, 0.05) is 18.2 Å². The summed E-state index contributed by atoms with van der Waals surface area (Å²) < 4.78 is 0. The number of carbonyl (C=O) groups is 2. The van der Waals surface area contributed by atoms with Crippen molar-refractivity contribution >= 4 is 22.8 Å². The molecule has 6 heteroatoms. The predicted octanol–water partition coefficient (Wildman–Crippen LogP) is 2.75. The Morgan fingerprint density at radius 1 is 1.04 bits per heavy atom. The number of nitrogens with two attached hydrogens (primary N) is 1. The molecule has 1 atom stereocenters. The summed E-state index contributed by atoms with van der Waals surface area (Å²) in [4.78, 5) is 33.3. The summed E-state index contributed by atoms with van der Waals surface area (Å²) in [6, 6.07) is 13.9. The van der Waals surface area contributed by atoms with Crippen LogP contribution >= 0.6 is 0 Å². The van der Waals surface area contributed by atoms with E-state index in [-0.39, 0.29) is 17.7 Å². The summed E-state index contributed by atoms with van der Waals surface area (Å²) in [6.45, 7) is 6.32. The molecule has 0 bridgehead atoms. The number of benzene rings is 2. The maximum Gasteiger partial charge on any atom is 0.251 e. The predicted molar refractivity (Wildman–Crippen MR) is 109 cm³/mol. The van der Waals surface area contributed by atoms with E-state index in [9.17, 15) is 9.59 Å². The maximum absolute atomic E-state index is 12.6. The van der Waals surface area contributed by atoms with Crippen molar-refractivity contribution in [2.75, 3.05) is 0 Å². The number of fused-ring (bicyclic) bond motifs is 1. The molecule has 144 valence electrons. The molecule has 0 fully saturated rings. The molecule has 0 aliphatic heterocycles. The average Bonchev–Trinajstić information content (AvgIpc) is 2.66. The Kier molecular flexibility index (Phi) is 5.40. The second-order valence-corrected chi connectivity index (χ2v) is 7.81. The Balaban J connectivity index is 1.75. The highest BCUT2D eigenvalue weighted by Gasteiger charge is 2.21. The van der Waals surface area contributed by atoms with Crippen LogP contribution in [0.25, 0.3) is 11.0 Å². The molecule has 0 aliphatic rings. The van der Waals surface area contributed by atoms with Crippen LogP contribution in [-0.4, -0.2) is 27.8 Å². The molecule has 0 spiro atoms. The molecule has 1 heterocycles. The number of aromatic nitrogens is 2. The van der Waals surface area contributed by atoms with E-state index in [2.05, 4.69) is 36.1 Å². The fraction of sp³-hybridized carbons (Fsp3) is 0.273. The minimum atomic E-state index is -0.870. The lowest BCUT2D eigenvalue weighted by Gasteiger charge is -2.19. The van der Waals surface area contributed by atoms with Gasteiger partial charge in [-0.15, -0.1) is 0 Å². The third-order valence-corrected chi connectivity index (χ3v) is 4.57. The number of hydrogen-bond acceptors (Lipinski definition) is 4. The summed E-state index contributed by atoms with van der Waals surface area (Å²) >= 11 is 0. The van der Waals surface area contributed by atoms with Gasteiger partial charge in [-0.1, -0.05) is 45.0 Å². The van der Waals surface area contributed by atoms with Crippen molar-refractivity contribution in [2.24, 2.45) is 5.73 Å². The molecule has 1 aromatic heterocycles. The zero-order valence-corrected chi connectivity index (χ0v) is 16.3. The maximum atomic E-state index is 12.6. The topological polar surface area (TPSA) is 98.0 Å². The van der Waals surface area contributed by atoms with Crippen molar-refractivity contribution in [3.05, 3.63) is 71.5 Å². The van der Waals surface area contributed by atoms with Gasteiger partial charge in [0.05, 0.1) is 16.7 Å². The fourth-order valence-corrected chi connectivity index (χ4v) is 2.89. The molecule has 0 unspecified atom stereocenters. The Bertz CT molecular complexity index is 1010. The Morgan fingerprint density at radius 3 is 2.29 bits per heavy atom. The highest BCUT2D eigenvalue weighted by Crippen LogP contribution is 2.22. The molecular weight excluding hydrogens is 352 g/mol. The minimum absolute atomic E-state index is 0.000478. The van der Waals surface area contributed by atoms with Crippen molar-refractivity contribution < 1.29 is 9.59 Å². The molecule has 0 saturated heterocycles. The standard InChI is InChI=1S/C22H24N4O2/c1-22(2,3)15-10-8-14(9-11-15)21(28)26-19(20(23)27)12-16-13-24-17-6-4-5-7-18(17)25-16/h4-11,13,19H,12H2,1-3H3,(H2,23,27)(H,26,28)/t19-/m0/s1. The van der Waals surface area contributed by atoms with Crippen LogP contribution < -0.4 is 11.1 Å². The molecule has 3 rings (SSSR count). The first-order valence-corrected chi connectivity index (χ1v) is 9.15. The molecule has 3 N–H and O–H groups in total. The zero-order chi connectivity index (χ0) is 20.3. The van der Waals surface area contributed by atoms with E-state index in [1.54, 1.807) is 18.3 Å². The van der Waals surface area contributed by atoms with Crippen molar-refractivity contribution in [1.82, 2.24) is 15.3 Å². The van der Waals surface area contributed by atoms with Crippen LogP contribution in [0.15, 0.2) is 54.7 Å². The number of carbonyl (C=O) groups excluding carboxylic acids is 2. The van der Waals surface area contributed by atoms with E-state index in [1.807, 2.05) is 36.4 Å². The third kappa shape index (κ3) is 4.52. The average molecular weight is 376 g/mol. The van der Waals surface area contributed by atoms with E-state index >= 15 is 0 Å². The van der Waals surface area contributed by atoms with E-state index in [1.165, 1.54) is 0 Å². The SMILES string of the molecule is CC(C)(C)c1ccc(C(=O)N[C@@H](Cc2cnc3ccccc3n2)C(N)=O)cc1. The van der Waals surface area contributed by atoms with Crippen molar-refractivity contribution in [3.63, 3.8) is 0 Å². The lowest BCUT2D eigenvalue weighted by Crippen LogP contribution is -2.46. The molecule has 0 radical (unpaired) electrons. The molecule has 28 heavy (non-hydrogen) atoms. The molecule has 0 saturated carbocycles. The number of hydrogen-bond donors (Lipinski definition) is 2. The number of amides is 2. The van der Waals surface area contributed by atoms with Gasteiger partial charge in [-0.3, -0.25) is 14.6 Å². The molecular formula is C22H24N4O2. The summed E-state index contributed by atoms with van der Waals surface area (Å²) in [5, 5.41) is 2.71. The number of primary amides is 1. The van der Waals surface area contributed by atoms with Gasteiger partial charge in [-0.2, -0.15) is 0 Å². The van der Waals surface area contributed by atoms with E-state index in [0.717, 1.165) is 16.6 Å². The minimum Gasteiger partial charge on any atom is -0.368 e. The first-order valence-electron chi connectivity index (χ1n) is 9.15. The van der Waals surface area contributed by atoms with Crippen LogP contribution in [0.2, 0.25) is 0 Å². The van der Waals surface area contributed by atoms with Gasteiger partial charge in [-0.25, -0.2) is 4.98 Å². The fourth-order valence-electron chi connectivity index (χ4n) is 2.89. The van der Waals surface area contributed by atoms with Crippen molar-refractivity contribution in [1.29, 1.82) is 0 Å². The van der Waals surface area contributed by atoms with Gasteiger partial charge in [0.25, 0.3) is 5.91 Å². The second kappa shape index (κ2) is 7.76. The number of nitrogens with one attached hydrogen (secondary N) is 1. The summed E-state index contributed by atoms with van der Waals surface area (Å²) in [5.41, 5.74) is 9.19. The number of rotatable bonds is 5. The quantitative estimate of drug-likeness (QED) is 0.715. The highest BCUT2D eigenvalue weighted by molar-refractivity contribution is 5.97. The van der Waals surface area contributed by atoms with Crippen LogP contribution in [0.5, 0.6) is 0 Å². The Labute approximate surface area is 164 Å². The third-order valence-electron chi connectivity index (χ3n) is 4.57. The Morgan fingerprint density at radius 2 is 1.68 bits per heavy atom. The van der Waals surface area contributed by atoms with Gasteiger partial charge in [-0.05, 0) is 35.2 Å². The number of para-hydroxylation sites is 2. The lowest BCUT2D eigenvalue weighted by atomic mass is 9.86. The smallest absolute Gasteiger partial charge is 0.251 e. The van der Waals surface area contributed by atoms with Crippen LogP contribution in [0.3, 0.4) is 0 Å². The van der Waals surface area contributed by atoms with Crippen molar-refractivity contribution in [2.45, 2.75) is 38.6 Å². The molecule has 2 amide bonds. The zero-order valence-electron chi connectivity index (χ0n) is 16.3. The van der Waals surface area contributed by atoms with E-state index < -0.39 is 11.9 Å². The van der Waals surface area contributed by atoms with Gasteiger partial charge < -0.3 is 11.1 Å². The lowest BCUT2D eigenvalue weighted by molar-refractivity contribution is -0.119. The van der Waals surface area contributed by atoms with Crippen molar-refractivity contribution in [3.8, 4) is 0 Å². The van der Waals surface area contributed by atoms with E-state index in [4.69, 9.17) is 5.73 Å². The normalized spacial score (nSPS) is 12.5. The van der Waals surface area contributed by atoms with Gasteiger partial charge in [0.2, 0.25) is 5.91 Å². The summed E-state index contributed by atoms with van der Waals surface area (Å²) in [6.07, 6.45) is 1.78. The first kappa shape index (κ1) is 19.5. The largest absolute Gasteiger partial charge is 0.368 e. The van der Waals surface area contributed by atoms with Crippen LogP contribution in [-0.2, 0) is 16.6 Å². The van der Waals surface area contributed by atoms with Crippen LogP contribution in [0.1, 0.15) is 42.4 Å².